The second-order valence-electron chi connectivity index (χ2n) is 4.39. The van der Waals surface area contributed by atoms with Crippen LogP contribution in [0.15, 0.2) is 0 Å². The van der Waals surface area contributed by atoms with Crippen molar-refractivity contribution in [3.8, 4) is 12.3 Å². The molecule has 0 aliphatic carbocycles. The molecule has 1 saturated heterocycles. The van der Waals surface area contributed by atoms with Crippen LogP contribution in [-0.2, 0) is 0 Å². The number of nitrogens with zero attached hydrogens (tertiary/aromatic N) is 1. The van der Waals surface area contributed by atoms with Gasteiger partial charge in [-0.25, -0.2) is 0 Å². The zero-order valence-electron chi connectivity index (χ0n) is 8.59. The van der Waals surface area contributed by atoms with E-state index < -0.39 is 0 Å². The molecule has 0 amide bonds. The molecule has 2 unspecified atom stereocenters. The Morgan fingerprint density at radius 2 is 1.67 bits per heavy atom. The molecule has 0 spiro atoms. The average molecular weight is 165 g/mol. The number of terminal acetylenes is 1. The van der Waals surface area contributed by atoms with Crippen molar-refractivity contribution in [2.45, 2.75) is 58.2 Å². The van der Waals surface area contributed by atoms with E-state index in [4.69, 9.17) is 6.42 Å². The summed E-state index contributed by atoms with van der Waals surface area (Å²) in [6, 6.07) is 1.29. The highest BCUT2D eigenvalue weighted by Gasteiger charge is 2.36. The number of rotatable bonds is 1. The lowest BCUT2D eigenvalue weighted by Crippen LogP contribution is -2.48. The Morgan fingerprint density at radius 3 is 2.00 bits per heavy atom. The Balaban J connectivity index is 2.80. The van der Waals surface area contributed by atoms with E-state index in [1.54, 1.807) is 0 Å². The van der Waals surface area contributed by atoms with Gasteiger partial charge in [0.25, 0.3) is 0 Å². The van der Waals surface area contributed by atoms with Gasteiger partial charge >= 0.3 is 0 Å². The molecule has 0 radical (unpaired) electrons. The standard InChI is InChI=1S/C11H19N/c1-6-11(4,5)12-9(2)7-8-10(12)3/h1,9-10H,7-8H2,2-5H3. The third-order valence-corrected chi connectivity index (χ3v) is 2.95. The van der Waals surface area contributed by atoms with Crippen LogP contribution in [0.1, 0.15) is 40.5 Å². The molecule has 1 rings (SSSR count). The van der Waals surface area contributed by atoms with Crippen LogP contribution in [-0.4, -0.2) is 22.5 Å². The average Bonchev–Trinajstić information content (AvgIpc) is 2.31. The summed E-state index contributed by atoms with van der Waals surface area (Å²) < 4.78 is 0. The molecule has 12 heavy (non-hydrogen) atoms. The first-order valence-electron chi connectivity index (χ1n) is 4.75. The van der Waals surface area contributed by atoms with E-state index in [9.17, 15) is 0 Å². The lowest BCUT2D eigenvalue weighted by atomic mass is 10.0. The Labute approximate surface area is 76.1 Å². The molecule has 0 bridgehead atoms. The summed E-state index contributed by atoms with van der Waals surface area (Å²) >= 11 is 0. The van der Waals surface area contributed by atoms with Crippen molar-refractivity contribution in [3.05, 3.63) is 0 Å². The fraction of sp³-hybridized carbons (Fsp3) is 0.818. The molecule has 1 aliphatic rings. The summed E-state index contributed by atoms with van der Waals surface area (Å²) in [5.74, 6) is 2.87. The summed E-state index contributed by atoms with van der Waals surface area (Å²) in [5.41, 5.74) is -0.0741. The van der Waals surface area contributed by atoms with Gasteiger partial charge in [-0.1, -0.05) is 5.92 Å². The first-order chi connectivity index (χ1) is 5.49. The van der Waals surface area contributed by atoms with E-state index in [-0.39, 0.29) is 5.54 Å². The Bertz CT molecular complexity index is 190. The third-order valence-electron chi connectivity index (χ3n) is 2.95. The lowest BCUT2D eigenvalue weighted by molar-refractivity contribution is 0.120. The predicted molar refractivity (Wildman–Crippen MR) is 52.9 cm³/mol. The molecule has 2 atom stereocenters. The summed E-state index contributed by atoms with van der Waals surface area (Å²) in [6.45, 7) is 8.79. The molecular formula is C11H19N. The second-order valence-corrected chi connectivity index (χ2v) is 4.39. The van der Waals surface area contributed by atoms with Gasteiger partial charge in [-0.15, -0.1) is 6.42 Å². The van der Waals surface area contributed by atoms with Crippen LogP contribution in [0.25, 0.3) is 0 Å². The second kappa shape index (κ2) is 3.11. The molecule has 68 valence electrons. The van der Waals surface area contributed by atoms with E-state index in [1.165, 1.54) is 12.8 Å². The first kappa shape index (κ1) is 9.61. The maximum absolute atomic E-state index is 5.52. The minimum atomic E-state index is -0.0741. The summed E-state index contributed by atoms with van der Waals surface area (Å²) in [4.78, 5) is 2.45. The third kappa shape index (κ3) is 1.49. The molecule has 0 saturated carbocycles. The first-order valence-corrected chi connectivity index (χ1v) is 4.75. The smallest absolute Gasteiger partial charge is 0.0770 e. The number of hydrogen-bond donors (Lipinski definition) is 0. The quantitative estimate of drug-likeness (QED) is 0.539. The monoisotopic (exact) mass is 165 g/mol. The maximum Gasteiger partial charge on any atom is 0.0770 e. The molecule has 1 nitrogen and oxygen atoms in total. The molecule has 1 fully saturated rings. The van der Waals surface area contributed by atoms with E-state index in [0.29, 0.717) is 12.1 Å². The van der Waals surface area contributed by atoms with Crippen molar-refractivity contribution in [1.29, 1.82) is 0 Å². The van der Waals surface area contributed by atoms with Gasteiger partial charge < -0.3 is 0 Å². The summed E-state index contributed by atoms with van der Waals surface area (Å²) in [6.07, 6.45) is 8.09. The van der Waals surface area contributed by atoms with Gasteiger partial charge in [0.2, 0.25) is 0 Å². The summed E-state index contributed by atoms with van der Waals surface area (Å²) in [7, 11) is 0. The predicted octanol–water partition coefficient (Wildman–Crippen LogP) is 2.27. The zero-order valence-corrected chi connectivity index (χ0v) is 8.59. The van der Waals surface area contributed by atoms with Gasteiger partial charge in [0.05, 0.1) is 5.54 Å². The van der Waals surface area contributed by atoms with Crippen LogP contribution in [0, 0.1) is 12.3 Å². The highest BCUT2D eigenvalue weighted by atomic mass is 15.3. The Morgan fingerprint density at radius 1 is 1.25 bits per heavy atom. The van der Waals surface area contributed by atoms with E-state index >= 15 is 0 Å². The van der Waals surface area contributed by atoms with Crippen molar-refractivity contribution in [2.24, 2.45) is 0 Å². The topological polar surface area (TPSA) is 3.24 Å². The molecule has 0 aromatic carbocycles. The van der Waals surface area contributed by atoms with Crippen LogP contribution < -0.4 is 0 Å². The van der Waals surface area contributed by atoms with Crippen molar-refractivity contribution < 1.29 is 0 Å². The minimum absolute atomic E-state index is 0.0741. The molecular weight excluding hydrogens is 146 g/mol. The normalized spacial score (nSPS) is 31.9. The van der Waals surface area contributed by atoms with Crippen molar-refractivity contribution in [3.63, 3.8) is 0 Å². The minimum Gasteiger partial charge on any atom is -0.282 e. The van der Waals surface area contributed by atoms with E-state index in [2.05, 4.69) is 38.5 Å². The molecule has 1 heterocycles. The molecule has 0 aromatic rings. The fourth-order valence-electron chi connectivity index (χ4n) is 2.37. The Hall–Kier alpha value is -0.480. The Kier molecular flexibility index (Phi) is 2.49. The maximum atomic E-state index is 5.52. The van der Waals surface area contributed by atoms with Crippen LogP contribution in [0.5, 0.6) is 0 Å². The summed E-state index contributed by atoms with van der Waals surface area (Å²) in [5, 5.41) is 0. The van der Waals surface area contributed by atoms with E-state index in [1.807, 2.05) is 0 Å². The highest BCUT2D eigenvalue weighted by molar-refractivity contribution is 5.11. The zero-order chi connectivity index (χ0) is 9.35. The van der Waals surface area contributed by atoms with Crippen LogP contribution >= 0.6 is 0 Å². The molecule has 0 N–H and O–H groups in total. The van der Waals surface area contributed by atoms with Gasteiger partial charge in [-0.05, 0) is 40.5 Å². The van der Waals surface area contributed by atoms with Crippen molar-refractivity contribution in [2.75, 3.05) is 0 Å². The fourth-order valence-corrected chi connectivity index (χ4v) is 2.37. The molecule has 0 aromatic heterocycles. The number of hydrogen-bond acceptors (Lipinski definition) is 1. The van der Waals surface area contributed by atoms with Gasteiger partial charge in [-0.3, -0.25) is 4.90 Å². The highest BCUT2D eigenvalue weighted by Crippen LogP contribution is 2.30. The van der Waals surface area contributed by atoms with Gasteiger partial charge in [0.15, 0.2) is 0 Å². The van der Waals surface area contributed by atoms with Crippen molar-refractivity contribution >= 4 is 0 Å². The SMILES string of the molecule is C#CC(C)(C)N1C(C)CCC1C. The van der Waals surface area contributed by atoms with Gasteiger partial charge in [0, 0.05) is 12.1 Å². The lowest BCUT2D eigenvalue weighted by Gasteiger charge is -2.37. The van der Waals surface area contributed by atoms with E-state index in [0.717, 1.165) is 0 Å². The van der Waals surface area contributed by atoms with Crippen LogP contribution in [0.4, 0.5) is 0 Å². The van der Waals surface area contributed by atoms with Gasteiger partial charge in [0.1, 0.15) is 0 Å². The largest absolute Gasteiger partial charge is 0.282 e. The van der Waals surface area contributed by atoms with Crippen LogP contribution in [0.2, 0.25) is 0 Å². The molecule has 1 heteroatoms. The van der Waals surface area contributed by atoms with Crippen molar-refractivity contribution in [1.82, 2.24) is 4.90 Å². The number of likely N-dealkylation sites (tertiary alicyclic amines) is 1. The molecule has 1 aliphatic heterocycles. The van der Waals surface area contributed by atoms with Gasteiger partial charge in [-0.2, -0.15) is 0 Å². The van der Waals surface area contributed by atoms with Crippen LogP contribution in [0.3, 0.4) is 0 Å².